The molecule has 86 valence electrons. The molecule has 2 heterocycles. The van der Waals surface area contributed by atoms with E-state index in [9.17, 15) is 4.79 Å². The molecule has 2 rings (SSSR count). The van der Waals surface area contributed by atoms with Gasteiger partial charge in [-0.25, -0.2) is 4.98 Å². The van der Waals surface area contributed by atoms with Crippen molar-refractivity contribution in [2.45, 2.75) is 32.2 Å². The van der Waals surface area contributed by atoms with Crippen molar-refractivity contribution in [2.24, 2.45) is 0 Å². The third-order valence-electron chi connectivity index (χ3n) is 3.29. The normalized spacial score (nSPS) is 24.6. The Balaban J connectivity index is 2.41. The van der Waals surface area contributed by atoms with Gasteiger partial charge in [-0.15, -0.1) is 0 Å². The Labute approximate surface area is 95.3 Å². The minimum absolute atomic E-state index is 0.0631. The molecule has 4 nitrogen and oxygen atoms in total. The van der Waals surface area contributed by atoms with Crippen LogP contribution in [0.3, 0.4) is 0 Å². The number of aromatic nitrogens is 1. The molecule has 4 heteroatoms. The van der Waals surface area contributed by atoms with E-state index in [-0.39, 0.29) is 5.78 Å². The lowest BCUT2D eigenvalue weighted by molar-refractivity contribution is 0.0884. The Morgan fingerprint density at radius 1 is 1.62 bits per heavy atom. The first kappa shape index (κ1) is 11.1. The van der Waals surface area contributed by atoms with Gasteiger partial charge in [-0.3, -0.25) is 4.79 Å². The molecule has 0 radical (unpaired) electrons. The van der Waals surface area contributed by atoms with Crippen LogP contribution in [0.25, 0.3) is 0 Å². The number of aryl methyl sites for hydroxylation is 1. The number of nitrogens with two attached hydrogens (primary N) is 1. The summed E-state index contributed by atoms with van der Waals surface area (Å²) in [6, 6.07) is 1.82. The molecule has 0 saturated carbocycles. The van der Waals surface area contributed by atoms with E-state index in [4.69, 9.17) is 5.73 Å². The summed E-state index contributed by atoms with van der Waals surface area (Å²) in [5.74, 6) is 0.396. The van der Waals surface area contributed by atoms with Crippen LogP contribution in [0.5, 0.6) is 0 Å². The first-order valence-electron chi connectivity index (χ1n) is 5.55. The van der Waals surface area contributed by atoms with E-state index in [1.165, 1.54) is 0 Å². The molecular weight excluding hydrogens is 202 g/mol. The smallest absolute Gasteiger partial charge is 0.186 e. The van der Waals surface area contributed by atoms with Crippen LogP contribution >= 0.6 is 0 Å². The Morgan fingerprint density at radius 2 is 2.38 bits per heavy atom. The first-order valence-corrected chi connectivity index (χ1v) is 5.55. The lowest BCUT2D eigenvalue weighted by Crippen LogP contribution is -2.45. The number of hydrogen-bond acceptors (Lipinski definition) is 4. The van der Waals surface area contributed by atoms with E-state index in [1.807, 2.05) is 19.9 Å². The molecule has 1 aromatic heterocycles. The highest BCUT2D eigenvalue weighted by atomic mass is 16.1. The van der Waals surface area contributed by atoms with Crippen LogP contribution in [-0.4, -0.2) is 22.9 Å². The van der Waals surface area contributed by atoms with Gasteiger partial charge < -0.3 is 11.1 Å². The molecule has 1 atom stereocenters. The van der Waals surface area contributed by atoms with Crippen molar-refractivity contribution in [3.63, 3.8) is 0 Å². The Morgan fingerprint density at radius 3 is 2.94 bits per heavy atom. The first-order chi connectivity index (χ1) is 7.54. The molecule has 0 aliphatic carbocycles. The molecule has 1 fully saturated rings. The van der Waals surface area contributed by atoms with Crippen molar-refractivity contribution < 1.29 is 4.79 Å². The fourth-order valence-corrected chi connectivity index (χ4v) is 2.24. The monoisotopic (exact) mass is 219 g/mol. The van der Waals surface area contributed by atoms with Gasteiger partial charge in [0, 0.05) is 6.20 Å². The maximum Gasteiger partial charge on any atom is 0.186 e. The van der Waals surface area contributed by atoms with Crippen LogP contribution in [0.15, 0.2) is 12.3 Å². The second kappa shape index (κ2) is 3.87. The van der Waals surface area contributed by atoms with Gasteiger partial charge in [0.2, 0.25) is 0 Å². The average molecular weight is 219 g/mol. The Hall–Kier alpha value is -1.42. The molecular formula is C12H17N3O. The van der Waals surface area contributed by atoms with Crippen molar-refractivity contribution in [1.29, 1.82) is 0 Å². The van der Waals surface area contributed by atoms with Crippen molar-refractivity contribution >= 4 is 11.6 Å². The molecule has 1 aromatic rings. The fourth-order valence-electron chi connectivity index (χ4n) is 2.24. The summed E-state index contributed by atoms with van der Waals surface area (Å²) in [6.45, 7) is 4.72. The summed E-state index contributed by atoms with van der Waals surface area (Å²) in [4.78, 5) is 16.4. The second-order valence-electron chi connectivity index (χ2n) is 4.58. The number of carbonyl (C=O) groups excluding carboxylic acids is 1. The Kier molecular flexibility index (Phi) is 2.68. The average Bonchev–Trinajstić information content (AvgIpc) is 2.66. The predicted molar refractivity (Wildman–Crippen MR) is 63.4 cm³/mol. The maximum absolute atomic E-state index is 12.4. The number of pyridine rings is 1. The quantitative estimate of drug-likeness (QED) is 0.736. The summed E-state index contributed by atoms with van der Waals surface area (Å²) >= 11 is 0. The number of rotatable bonds is 2. The number of hydrogen-bond donors (Lipinski definition) is 2. The van der Waals surface area contributed by atoms with E-state index in [0.717, 1.165) is 24.9 Å². The molecule has 0 amide bonds. The SMILES string of the molecule is Cc1ccnc(N)c1C(=O)C1(C)CCCN1. The van der Waals surface area contributed by atoms with E-state index in [0.29, 0.717) is 11.4 Å². The minimum Gasteiger partial charge on any atom is -0.383 e. The van der Waals surface area contributed by atoms with E-state index >= 15 is 0 Å². The van der Waals surface area contributed by atoms with E-state index in [1.54, 1.807) is 6.20 Å². The van der Waals surface area contributed by atoms with Gasteiger partial charge in [-0.2, -0.15) is 0 Å². The van der Waals surface area contributed by atoms with Crippen LogP contribution in [-0.2, 0) is 0 Å². The van der Waals surface area contributed by atoms with Gasteiger partial charge in [0.15, 0.2) is 5.78 Å². The maximum atomic E-state index is 12.4. The van der Waals surface area contributed by atoms with Crippen LogP contribution < -0.4 is 11.1 Å². The number of ketones is 1. The van der Waals surface area contributed by atoms with Crippen LogP contribution in [0.4, 0.5) is 5.82 Å². The van der Waals surface area contributed by atoms with Gasteiger partial charge in [0.1, 0.15) is 5.82 Å². The van der Waals surface area contributed by atoms with E-state index < -0.39 is 5.54 Å². The molecule has 16 heavy (non-hydrogen) atoms. The van der Waals surface area contributed by atoms with Crippen molar-refractivity contribution in [3.05, 3.63) is 23.4 Å². The molecule has 3 N–H and O–H groups in total. The number of nitrogen functional groups attached to an aromatic ring is 1. The van der Waals surface area contributed by atoms with Crippen molar-refractivity contribution in [1.82, 2.24) is 10.3 Å². The van der Waals surface area contributed by atoms with Crippen LogP contribution in [0.1, 0.15) is 35.7 Å². The summed E-state index contributed by atoms with van der Waals surface area (Å²) in [6.07, 6.45) is 3.52. The fraction of sp³-hybridized carbons (Fsp3) is 0.500. The number of Topliss-reactive ketones (excluding diaryl/α,β-unsaturated/α-hetero) is 1. The minimum atomic E-state index is -0.470. The van der Waals surface area contributed by atoms with Gasteiger partial charge in [-0.05, 0) is 44.9 Å². The lowest BCUT2D eigenvalue weighted by Gasteiger charge is -2.23. The summed E-state index contributed by atoms with van der Waals surface area (Å²) < 4.78 is 0. The Bertz CT molecular complexity index is 402. The zero-order chi connectivity index (χ0) is 11.8. The lowest BCUT2D eigenvalue weighted by atomic mass is 9.88. The standard InChI is InChI=1S/C12H17N3O/c1-8-4-7-14-11(13)9(8)10(16)12(2)5-3-6-15-12/h4,7,15H,3,5-6H2,1-2H3,(H2,13,14). The molecule has 1 saturated heterocycles. The van der Waals surface area contributed by atoms with Gasteiger partial charge in [0.05, 0.1) is 11.1 Å². The van der Waals surface area contributed by atoms with Gasteiger partial charge in [0.25, 0.3) is 0 Å². The highest BCUT2D eigenvalue weighted by molar-refractivity contribution is 6.07. The number of carbonyl (C=O) groups is 1. The molecule has 1 unspecified atom stereocenters. The number of nitrogens with zero attached hydrogens (tertiary/aromatic N) is 1. The summed E-state index contributed by atoms with van der Waals surface area (Å²) in [5, 5.41) is 3.25. The van der Waals surface area contributed by atoms with Gasteiger partial charge in [-0.1, -0.05) is 0 Å². The van der Waals surface area contributed by atoms with Crippen LogP contribution in [0, 0.1) is 6.92 Å². The third-order valence-corrected chi connectivity index (χ3v) is 3.29. The summed E-state index contributed by atoms with van der Waals surface area (Å²) in [5.41, 5.74) is 6.78. The molecule has 1 aliphatic heterocycles. The van der Waals surface area contributed by atoms with Crippen LogP contribution in [0.2, 0.25) is 0 Å². The van der Waals surface area contributed by atoms with Gasteiger partial charge >= 0.3 is 0 Å². The summed E-state index contributed by atoms with van der Waals surface area (Å²) in [7, 11) is 0. The zero-order valence-electron chi connectivity index (χ0n) is 9.71. The largest absolute Gasteiger partial charge is 0.383 e. The number of anilines is 1. The molecule has 0 bridgehead atoms. The third kappa shape index (κ3) is 1.69. The molecule has 0 spiro atoms. The molecule has 1 aliphatic rings. The predicted octanol–water partition coefficient (Wildman–Crippen LogP) is 1.30. The van der Waals surface area contributed by atoms with Crippen molar-refractivity contribution in [2.75, 3.05) is 12.3 Å². The van der Waals surface area contributed by atoms with E-state index in [2.05, 4.69) is 10.3 Å². The highest BCUT2D eigenvalue weighted by Gasteiger charge is 2.37. The highest BCUT2D eigenvalue weighted by Crippen LogP contribution is 2.26. The van der Waals surface area contributed by atoms with Crippen molar-refractivity contribution in [3.8, 4) is 0 Å². The molecule has 0 aromatic carbocycles. The number of nitrogens with one attached hydrogen (secondary N) is 1. The second-order valence-corrected chi connectivity index (χ2v) is 4.58. The zero-order valence-corrected chi connectivity index (χ0v) is 9.71. The topological polar surface area (TPSA) is 68.0 Å².